The van der Waals surface area contributed by atoms with E-state index in [-0.39, 0.29) is 0 Å². The number of hydrogen-bond acceptors (Lipinski definition) is 3. The normalized spacial score (nSPS) is 11.9. The van der Waals surface area contributed by atoms with Crippen LogP contribution >= 0.6 is 95.6 Å². The molecule has 0 aliphatic carbocycles. The molecular formula is C12H15Br6N3O3. The summed E-state index contributed by atoms with van der Waals surface area (Å²) in [6.45, 7) is 0. The van der Waals surface area contributed by atoms with Gasteiger partial charge in [-0.15, -0.1) is 0 Å². The molecule has 1 aromatic rings. The summed E-state index contributed by atoms with van der Waals surface area (Å²) < 4.78 is 3.42. The number of rotatable bonds is 9. The fourth-order valence-electron chi connectivity index (χ4n) is 2.07. The third kappa shape index (κ3) is 4.76. The van der Waals surface area contributed by atoms with Gasteiger partial charge >= 0.3 is 17.1 Å². The van der Waals surface area contributed by atoms with Crippen molar-refractivity contribution in [1.29, 1.82) is 0 Å². The molecule has 0 bridgehead atoms. The van der Waals surface area contributed by atoms with Crippen LogP contribution in [-0.2, 0) is 0 Å². The maximum absolute atomic E-state index is 12.9. The molecule has 1 heterocycles. The number of nitrogens with zero attached hydrogens (tertiary/aromatic N) is 3. The Morgan fingerprint density at radius 3 is 0.792 bits per heavy atom. The third-order valence-corrected chi connectivity index (χ3v) is 7.89. The van der Waals surface area contributed by atoms with Crippen LogP contribution in [0.15, 0.2) is 14.4 Å². The predicted octanol–water partition coefficient (Wildman–Crippen LogP) is 3.16. The molecule has 1 aromatic heterocycles. The van der Waals surface area contributed by atoms with Crippen molar-refractivity contribution < 1.29 is 0 Å². The summed E-state index contributed by atoms with van der Waals surface area (Å²) >= 11 is 20.0. The molecule has 0 fully saturated rings. The lowest BCUT2D eigenvalue weighted by Crippen LogP contribution is -2.58. The zero-order chi connectivity index (χ0) is 18.4. The van der Waals surface area contributed by atoms with Gasteiger partial charge in [-0.1, -0.05) is 95.6 Å². The molecule has 0 atom stereocenters. The van der Waals surface area contributed by atoms with Crippen LogP contribution in [0.1, 0.15) is 18.1 Å². The molecule has 24 heavy (non-hydrogen) atoms. The highest BCUT2D eigenvalue weighted by molar-refractivity contribution is 9.10. The predicted molar refractivity (Wildman–Crippen MR) is 119 cm³/mol. The zero-order valence-corrected chi connectivity index (χ0v) is 21.8. The molecule has 138 valence electrons. The fourth-order valence-corrected chi connectivity index (χ4v) is 7.02. The van der Waals surface area contributed by atoms with Crippen molar-refractivity contribution in [3.05, 3.63) is 31.5 Å². The van der Waals surface area contributed by atoms with Crippen molar-refractivity contribution in [3.63, 3.8) is 0 Å². The van der Waals surface area contributed by atoms with E-state index >= 15 is 0 Å². The average molecular weight is 729 g/mol. The van der Waals surface area contributed by atoms with Crippen molar-refractivity contribution in [3.8, 4) is 0 Å². The smallest absolute Gasteiger partial charge is 0.247 e. The van der Waals surface area contributed by atoms with Crippen LogP contribution in [0.2, 0.25) is 0 Å². The lowest BCUT2D eigenvalue weighted by molar-refractivity contribution is 0.393. The minimum Gasteiger partial charge on any atom is -0.247 e. The Labute approximate surface area is 189 Å². The summed E-state index contributed by atoms with van der Waals surface area (Å²) in [4.78, 5) is 38.7. The van der Waals surface area contributed by atoms with Gasteiger partial charge in [-0.3, -0.25) is 0 Å². The summed E-state index contributed by atoms with van der Waals surface area (Å²) in [7, 11) is 0. The van der Waals surface area contributed by atoms with Gasteiger partial charge in [-0.2, -0.15) is 0 Å². The Balaban J connectivity index is 3.95. The first kappa shape index (κ1) is 23.3. The molecule has 12 heteroatoms. The summed E-state index contributed by atoms with van der Waals surface area (Å²) in [6.07, 6.45) is 0. The Morgan fingerprint density at radius 2 is 0.667 bits per heavy atom. The molecule has 0 spiro atoms. The lowest BCUT2D eigenvalue weighted by atomic mass is 10.3. The van der Waals surface area contributed by atoms with Crippen LogP contribution in [0.4, 0.5) is 0 Å². The van der Waals surface area contributed by atoms with Gasteiger partial charge in [0.25, 0.3) is 0 Å². The van der Waals surface area contributed by atoms with Crippen molar-refractivity contribution in [2.45, 2.75) is 18.1 Å². The second-order valence-corrected chi connectivity index (χ2v) is 8.73. The molecule has 0 amide bonds. The van der Waals surface area contributed by atoms with E-state index in [1.165, 1.54) is 0 Å². The maximum atomic E-state index is 12.9. The van der Waals surface area contributed by atoms with E-state index in [9.17, 15) is 14.4 Å². The largest absolute Gasteiger partial charge is 0.336 e. The van der Waals surface area contributed by atoms with E-state index in [1.807, 2.05) is 0 Å². The second-order valence-electron chi connectivity index (χ2n) is 4.85. The Kier molecular flexibility index (Phi) is 10.9. The summed E-state index contributed by atoms with van der Waals surface area (Å²) in [5.41, 5.74) is -1.80. The quantitative estimate of drug-likeness (QED) is 0.368. The standard InChI is InChI=1S/C12H15Br6N3O3/c13-1-7(2-14)19-10(22)20(8(3-15)4-16)12(24)21(11(19)23)9(5-17)6-18/h7-9H,1-6H2. The van der Waals surface area contributed by atoms with Gasteiger partial charge in [-0.05, 0) is 0 Å². The summed E-state index contributed by atoms with van der Waals surface area (Å²) in [5, 5.41) is 2.45. The van der Waals surface area contributed by atoms with Crippen LogP contribution in [0.25, 0.3) is 0 Å². The highest BCUT2D eigenvalue weighted by Crippen LogP contribution is 2.13. The molecule has 0 aliphatic rings. The van der Waals surface area contributed by atoms with E-state index in [1.54, 1.807) is 0 Å². The van der Waals surface area contributed by atoms with Crippen LogP contribution in [0.3, 0.4) is 0 Å². The number of aromatic nitrogens is 3. The lowest BCUT2D eigenvalue weighted by Gasteiger charge is -2.23. The van der Waals surface area contributed by atoms with Gasteiger partial charge in [0.05, 0.1) is 18.1 Å². The molecule has 1 rings (SSSR count). The van der Waals surface area contributed by atoms with E-state index in [2.05, 4.69) is 95.6 Å². The van der Waals surface area contributed by atoms with Crippen LogP contribution in [-0.4, -0.2) is 45.7 Å². The third-order valence-electron chi connectivity index (χ3n) is 3.40. The van der Waals surface area contributed by atoms with E-state index < -0.39 is 35.2 Å². The molecule has 0 saturated carbocycles. The first-order valence-corrected chi connectivity index (χ1v) is 13.5. The number of hydrogen-bond donors (Lipinski definition) is 0. The Morgan fingerprint density at radius 1 is 0.500 bits per heavy atom. The van der Waals surface area contributed by atoms with E-state index in [0.29, 0.717) is 32.0 Å². The Bertz CT molecular complexity index is 578. The van der Waals surface area contributed by atoms with Crippen LogP contribution < -0.4 is 17.1 Å². The highest BCUT2D eigenvalue weighted by atomic mass is 79.9. The van der Waals surface area contributed by atoms with Gasteiger partial charge in [0.1, 0.15) is 0 Å². The van der Waals surface area contributed by atoms with Gasteiger partial charge < -0.3 is 0 Å². The average Bonchev–Trinajstić information content (AvgIpc) is 2.59. The molecule has 0 radical (unpaired) electrons. The van der Waals surface area contributed by atoms with Gasteiger partial charge in [0.2, 0.25) is 0 Å². The highest BCUT2D eigenvalue weighted by Gasteiger charge is 2.26. The van der Waals surface area contributed by atoms with Crippen LogP contribution in [0, 0.1) is 0 Å². The summed E-state index contributed by atoms with van der Waals surface area (Å²) in [5.74, 6) is 0. The topological polar surface area (TPSA) is 66.0 Å². The van der Waals surface area contributed by atoms with Crippen LogP contribution in [0.5, 0.6) is 0 Å². The number of alkyl halides is 6. The van der Waals surface area contributed by atoms with Crippen molar-refractivity contribution in [1.82, 2.24) is 13.7 Å². The molecule has 6 nitrogen and oxygen atoms in total. The minimum atomic E-state index is -0.600. The molecule has 0 unspecified atom stereocenters. The molecule has 0 N–H and O–H groups in total. The second kappa shape index (κ2) is 11.2. The van der Waals surface area contributed by atoms with Gasteiger partial charge in [0.15, 0.2) is 0 Å². The molecule has 0 saturated heterocycles. The van der Waals surface area contributed by atoms with Crippen molar-refractivity contribution in [2.75, 3.05) is 32.0 Å². The van der Waals surface area contributed by atoms with E-state index in [0.717, 1.165) is 13.7 Å². The van der Waals surface area contributed by atoms with Gasteiger partial charge in [0, 0.05) is 32.0 Å². The summed E-state index contributed by atoms with van der Waals surface area (Å²) in [6, 6.07) is -1.21. The molecule has 0 aliphatic heterocycles. The first-order chi connectivity index (χ1) is 11.4. The number of halogens is 6. The maximum Gasteiger partial charge on any atom is 0.336 e. The van der Waals surface area contributed by atoms with Crippen molar-refractivity contribution in [2.24, 2.45) is 0 Å². The molecule has 0 aromatic carbocycles. The monoisotopic (exact) mass is 723 g/mol. The first-order valence-electron chi connectivity index (χ1n) is 6.78. The van der Waals surface area contributed by atoms with Crippen molar-refractivity contribution >= 4 is 95.6 Å². The molecular weight excluding hydrogens is 714 g/mol. The Hall–Kier alpha value is 1.29. The van der Waals surface area contributed by atoms with Gasteiger partial charge in [-0.25, -0.2) is 28.1 Å². The van der Waals surface area contributed by atoms with E-state index in [4.69, 9.17) is 0 Å². The SMILES string of the molecule is O=c1n(C(CBr)CBr)c(=O)n(C(CBr)CBr)c(=O)n1C(CBr)CBr. The zero-order valence-electron chi connectivity index (χ0n) is 12.3. The fraction of sp³-hybridized carbons (Fsp3) is 0.750. The minimum absolute atomic E-state index is 0.402.